The molecule has 0 N–H and O–H groups in total. The maximum atomic E-state index is 11.8. The van der Waals surface area contributed by atoms with E-state index < -0.39 is 9.84 Å². The van der Waals surface area contributed by atoms with Crippen molar-refractivity contribution in [2.45, 2.75) is 11.3 Å². The lowest BCUT2D eigenvalue weighted by molar-refractivity contribution is 0.166. The van der Waals surface area contributed by atoms with Crippen LogP contribution in [0.3, 0.4) is 0 Å². The molecule has 5 nitrogen and oxygen atoms in total. The molecule has 0 aliphatic carbocycles. The van der Waals surface area contributed by atoms with Crippen molar-refractivity contribution < 1.29 is 17.9 Å². The first-order valence-corrected chi connectivity index (χ1v) is 6.91. The van der Waals surface area contributed by atoms with Crippen LogP contribution >= 0.6 is 0 Å². The summed E-state index contributed by atoms with van der Waals surface area (Å²) in [6.07, 6.45) is 1.13. The Morgan fingerprint density at radius 2 is 2.06 bits per heavy atom. The second kappa shape index (κ2) is 4.26. The van der Waals surface area contributed by atoms with E-state index in [4.69, 9.17) is 14.7 Å². The monoisotopic (exact) mass is 253 g/mol. The number of nitrogens with zero attached hydrogens (tertiary/aromatic N) is 1. The van der Waals surface area contributed by atoms with Crippen molar-refractivity contribution in [2.24, 2.45) is 0 Å². The first-order valence-electron chi connectivity index (χ1n) is 5.02. The first-order chi connectivity index (χ1) is 8.04. The Morgan fingerprint density at radius 3 is 2.71 bits per heavy atom. The molecule has 1 aliphatic rings. The van der Waals surface area contributed by atoms with E-state index >= 15 is 0 Å². The van der Waals surface area contributed by atoms with E-state index in [0.29, 0.717) is 24.5 Å². The van der Waals surface area contributed by atoms with Gasteiger partial charge in [0.1, 0.15) is 18.1 Å². The summed E-state index contributed by atoms with van der Waals surface area (Å²) in [5.74, 6) is 0.643. The molecule has 0 saturated heterocycles. The smallest absolute Gasteiger partial charge is 0.180 e. The molecule has 1 aromatic carbocycles. The molecule has 0 unspecified atom stereocenters. The fourth-order valence-electron chi connectivity index (χ4n) is 1.76. The number of hydrogen-bond acceptors (Lipinski definition) is 5. The van der Waals surface area contributed by atoms with Crippen molar-refractivity contribution in [3.8, 4) is 17.6 Å². The summed E-state index contributed by atoms with van der Waals surface area (Å²) in [4.78, 5) is 0.0660. The maximum Gasteiger partial charge on any atom is 0.180 e. The summed E-state index contributed by atoms with van der Waals surface area (Å²) in [7, 11) is -3.45. The molecule has 0 atom stereocenters. The Morgan fingerprint density at radius 1 is 1.35 bits per heavy atom. The molecule has 0 spiro atoms. The van der Waals surface area contributed by atoms with Gasteiger partial charge >= 0.3 is 0 Å². The molecule has 0 aromatic heterocycles. The molecular weight excluding hydrogens is 242 g/mol. The SMILES string of the molecule is CS(=O)(=O)c1c(CC#N)ccc2c1OCCO2. The van der Waals surface area contributed by atoms with Crippen LogP contribution in [-0.4, -0.2) is 27.9 Å². The van der Waals surface area contributed by atoms with Crippen molar-refractivity contribution in [2.75, 3.05) is 19.5 Å². The largest absolute Gasteiger partial charge is 0.486 e. The van der Waals surface area contributed by atoms with Crippen LogP contribution in [-0.2, 0) is 16.3 Å². The fourth-order valence-corrected chi connectivity index (χ4v) is 2.87. The van der Waals surface area contributed by atoms with E-state index in [0.717, 1.165) is 6.26 Å². The lowest BCUT2D eigenvalue weighted by atomic mass is 10.1. The van der Waals surface area contributed by atoms with Crippen LogP contribution in [0, 0.1) is 11.3 Å². The minimum atomic E-state index is -3.45. The molecule has 90 valence electrons. The van der Waals surface area contributed by atoms with E-state index in [1.54, 1.807) is 12.1 Å². The zero-order valence-electron chi connectivity index (χ0n) is 9.26. The Labute approximate surface area is 99.5 Å². The molecule has 0 bridgehead atoms. The van der Waals surface area contributed by atoms with Crippen LogP contribution in [0.25, 0.3) is 0 Å². The van der Waals surface area contributed by atoms with Crippen molar-refractivity contribution in [1.29, 1.82) is 5.26 Å². The predicted molar refractivity (Wildman–Crippen MR) is 59.9 cm³/mol. The molecular formula is C11H11NO4S. The van der Waals surface area contributed by atoms with Crippen molar-refractivity contribution in [1.82, 2.24) is 0 Å². The standard InChI is InChI=1S/C11H11NO4S/c1-17(13,14)11-8(4-5-12)2-3-9-10(11)16-7-6-15-9/h2-3H,4,6-7H2,1H3. The van der Waals surface area contributed by atoms with E-state index in [1.165, 1.54) is 0 Å². The fraction of sp³-hybridized carbons (Fsp3) is 0.364. The maximum absolute atomic E-state index is 11.8. The highest BCUT2D eigenvalue weighted by Gasteiger charge is 2.25. The van der Waals surface area contributed by atoms with E-state index in [2.05, 4.69) is 0 Å². The molecule has 17 heavy (non-hydrogen) atoms. The van der Waals surface area contributed by atoms with Crippen molar-refractivity contribution in [3.63, 3.8) is 0 Å². The lowest BCUT2D eigenvalue weighted by Gasteiger charge is -2.21. The van der Waals surface area contributed by atoms with Gasteiger partial charge in [0, 0.05) is 6.26 Å². The number of fused-ring (bicyclic) bond motifs is 1. The van der Waals surface area contributed by atoms with Crippen LogP contribution in [0.2, 0.25) is 0 Å². The van der Waals surface area contributed by atoms with Gasteiger partial charge in [-0.15, -0.1) is 0 Å². The highest BCUT2D eigenvalue weighted by molar-refractivity contribution is 7.90. The number of rotatable bonds is 2. The molecule has 0 fully saturated rings. The zero-order valence-corrected chi connectivity index (χ0v) is 10.1. The van der Waals surface area contributed by atoms with Gasteiger partial charge in [0.15, 0.2) is 21.3 Å². The summed E-state index contributed by atoms with van der Waals surface area (Å²) in [6.45, 7) is 0.708. The Bertz CT molecular complexity index is 586. The van der Waals surface area contributed by atoms with Gasteiger partial charge in [-0.1, -0.05) is 6.07 Å². The summed E-state index contributed by atoms with van der Waals surface area (Å²) >= 11 is 0. The van der Waals surface area contributed by atoms with Crippen molar-refractivity contribution >= 4 is 9.84 Å². The average Bonchev–Trinajstić information content (AvgIpc) is 2.27. The van der Waals surface area contributed by atoms with Gasteiger partial charge in [0.2, 0.25) is 0 Å². The average molecular weight is 253 g/mol. The van der Waals surface area contributed by atoms with Gasteiger partial charge in [-0.3, -0.25) is 0 Å². The van der Waals surface area contributed by atoms with Gasteiger partial charge in [0.05, 0.1) is 12.5 Å². The second-order valence-corrected chi connectivity index (χ2v) is 5.64. The number of benzene rings is 1. The van der Waals surface area contributed by atoms with Gasteiger partial charge < -0.3 is 9.47 Å². The quantitative estimate of drug-likeness (QED) is 0.783. The van der Waals surface area contributed by atoms with E-state index in [1.807, 2.05) is 6.07 Å². The second-order valence-electron chi connectivity index (χ2n) is 3.69. The third-order valence-electron chi connectivity index (χ3n) is 2.39. The van der Waals surface area contributed by atoms with Gasteiger partial charge in [-0.25, -0.2) is 8.42 Å². The van der Waals surface area contributed by atoms with E-state index in [-0.39, 0.29) is 17.1 Å². The molecule has 1 heterocycles. The van der Waals surface area contributed by atoms with Gasteiger partial charge in [0.25, 0.3) is 0 Å². The Kier molecular flexibility index (Phi) is 2.94. The third-order valence-corrected chi connectivity index (χ3v) is 3.57. The highest BCUT2D eigenvalue weighted by atomic mass is 32.2. The summed E-state index contributed by atoms with van der Waals surface area (Å²) in [5, 5.41) is 8.70. The number of ether oxygens (including phenoxy) is 2. The van der Waals surface area contributed by atoms with Crippen LogP contribution in [0.4, 0.5) is 0 Å². The first kappa shape index (κ1) is 11.7. The van der Waals surface area contributed by atoms with Crippen LogP contribution in [0.5, 0.6) is 11.5 Å². The molecule has 0 radical (unpaired) electrons. The molecule has 2 rings (SSSR count). The number of sulfone groups is 1. The van der Waals surface area contributed by atoms with Gasteiger partial charge in [-0.2, -0.15) is 5.26 Å². The summed E-state index contributed by atoms with van der Waals surface area (Å²) < 4.78 is 34.2. The van der Waals surface area contributed by atoms with Crippen LogP contribution in [0.15, 0.2) is 17.0 Å². The summed E-state index contributed by atoms with van der Waals surface area (Å²) in [6, 6.07) is 5.17. The highest BCUT2D eigenvalue weighted by Crippen LogP contribution is 2.38. The number of nitriles is 1. The minimum Gasteiger partial charge on any atom is -0.486 e. The number of hydrogen-bond donors (Lipinski definition) is 0. The lowest BCUT2D eigenvalue weighted by Crippen LogP contribution is -2.18. The van der Waals surface area contributed by atoms with Crippen LogP contribution in [0.1, 0.15) is 5.56 Å². The Hall–Kier alpha value is -1.74. The Balaban J connectivity index is 2.69. The molecule has 0 saturated carbocycles. The zero-order chi connectivity index (χ0) is 12.5. The van der Waals surface area contributed by atoms with Crippen molar-refractivity contribution in [3.05, 3.63) is 17.7 Å². The van der Waals surface area contributed by atoms with Crippen LogP contribution < -0.4 is 9.47 Å². The molecule has 1 aliphatic heterocycles. The predicted octanol–water partition coefficient (Wildman–Crippen LogP) is 0.927. The minimum absolute atomic E-state index is 0.0268. The van der Waals surface area contributed by atoms with Gasteiger partial charge in [-0.05, 0) is 11.6 Å². The normalized spacial score (nSPS) is 14.1. The molecule has 6 heteroatoms. The third kappa shape index (κ3) is 2.19. The molecule has 1 aromatic rings. The van der Waals surface area contributed by atoms with E-state index in [9.17, 15) is 8.42 Å². The topological polar surface area (TPSA) is 76.4 Å². The molecule has 0 amide bonds. The summed E-state index contributed by atoms with van der Waals surface area (Å²) in [5.41, 5.74) is 0.444.